The normalized spacial score (nSPS) is 14.3. The molecule has 0 aromatic carbocycles. The maximum absolute atomic E-state index is 5.34. The summed E-state index contributed by atoms with van der Waals surface area (Å²) in [6.07, 6.45) is 4.01. The molecule has 0 aliphatic rings. The third kappa shape index (κ3) is 6.46. The minimum absolute atomic E-state index is 0.572. The minimum atomic E-state index is 0.572. The Balaban J connectivity index is 3.12. The van der Waals surface area contributed by atoms with Crippen molar-refractivity contribution >= 4 is 23.4 Å². The number of halogens is 1. The van der Waals surface area contributed by atoms with E-state index in [1.807, 2.05) is 17.8 Å². The average molecular weight is 180 g/mol. The predicted molar refractivity (Wildman–Crippen MR) is 50.8 cm³/mol. The molecule has 0 saturated heterocycles. The van der Waals surface area contributed by atoms with Crippen molar-refractivity contribution < 1.29 is 0 Å². The molecular formula is C7H14ClNS. The van der Waals surface area contributed by atoms with E-state index in [-0.39, 0.29) is 0 Å². The van der Waals surface area contributed by atoms with Crippen LogP contribution in [0.5, 0.6) is 0 Å². The molecule has 0 spiro atoms. The first-order valence-corrected chi connectivity index (χ1v) is 5.11. The molecule has 0 amide bonds. The summed E-state index contributed by atoms with van der Waals surface area (Å²) in [7, 11) is 0. The van der Waals surface area contributed by atoms with Crippen molar-refractivity contribution in [3.63, 3.8) is 0 Å². The van der Waals surface area contributed by atoms with Gasteiger partial charge < -0.3 is 5.32 Å². The second-order valence-electron chi connectivity index (χ2n) is 2.13. The first-order chi connectivity index (χ1) is 4.81. The van der Waals surface area contributed by atoms with Crippen LogP contribution in [0.15, 0.2) is 11.6 Å². The summed E-state index contributed by atoms with van der Waals surface area (Å²) in [4.78, 5) is 0. The number of nitrogens with one attached hydrogen (secondary N) is 1. The zero-order valence-corrected chi connectivity index (χ0v) is 8.00. The molecule has 0 aromatic rings. The SMILES string of the molecule is CSCC(C)NC/C=C/Cl. The van der Waals surface area contributed by atoms with E-state index in [0.717, 1.165) is 12.3 Å². The minimum Gasteiger partial charge on any atom is -0.310 e. The molecule has 0 radical (unpaired) electrons. The van der Waals surface area contributed by atoms with Gasteiger partial charge in [-0.3, -0.25) is 0 Å². The molecule has 1 unspecified atom stereocenters. The van der Waals surface area contributed by atoms with Gasteiger partial charge in [-0.05, 0) is 13.2 Å². The molecular weight excluding hydrogens is 166 g/mol. The zero-order valence-electron chi connectivity index (χ0n) is 6.43. The largest absolute Gasteiger partial charge is 0.310 e. The second-order valence-corrected chi connectivity index (χ2v) is 3.29. The van der Waals surface area contributed by atoms with Gasteiger partial charge in [-0.15, -0.1) is 0 Å². The molecule has 60 valence electrons. The zero-order chi connectivity index (χ0) is 7.82. The van der Waals surface area contributed by atoms with Crippen LogP contribution in [0.4, 0.5) is 0 Å². The number of thioether (sulfide) groups is 1. The highest BCUT2D eigenvalue weighted by atomic mass is 35.5. The van der Waals surface area contributed by atoms with Crippen LogP contribution in [0.3, 0.4) is 0 Å². The summed E-state index contributed by atoms with van der Waals surface area (Å²) < 4.78 is 0. The third-order valence-corrected chi connectivity index (χ3v) is 2.10. The van der Waals surface area contributed by atoms with E-state index in [0.29, 0.717) is 6.04 Å². The van der Waals surface area contributed by atoms with Gasteiger partial charge in [-0.1, -0.05) is 17.7 Å². The fourth-order valence-corrected chi connectivity index (χ4v) is 1.33. The van der Waals surface area contributed by atoms with Crippen LogP contribution < -0.4 is 5.32 Å². The van der Waals surface area contributed by atoms with E-state index in [9.17, 15) is 0 Å². The van der Waals surface area contributed by atoms with Crippen LogP contribution >= 0.6 is 23.4 Å². The van der Waals surface area contributed by atoms with E-state index >= 15 is 0 Å². The summed E-state index contributed by atoms with van der Waals surface area (Å²) in [6.45, 7) is 3.03. The van der Waals surface area contributed by atoms with Crippen molar-refractivity contribution in [2.45, 2.75) is 13.0 Å². The maximum Gasteiger partial charge on any atom is 0.0149 e. The van der Waals surface area contributed by atoms with Crippen LogP contribution in [-0.2, 0) is 0 Å². The first-order valence-electron chi connectivity index (χ1n) is 3.28. The first kappa shape index (κ1) is 10.3. The van der Waals surface area contributed by atoms with E-state index in [2.05, 4.69) is 18.5 Å². The summed E-state index contributed by atoms with van der Waals surface area (Å²) >= 11 is 7.18. The molecule has 10 heavy (non-hydrogen) atoms. The lowest BCUT2D eigenvalue weighted by atomic mass is 10.4. The van der Waals surface area contributed by atoms with Crippen LogP contribution in [0.2, 0.25) is 0 Å². The molecule has 0 heterocycles. The lowest BCUT2D eigenvalue weighted by Gasteiger charge is -2.09. The monoisotopic (exact) mass is 179 g/mol. The number of hydrogen-bond acceptors (Lipinski definition) is 2. The van der Waals surface area contributed by atoms with Crippen LogP contribution in [-0.4, -0.2) is 24.6 Å². The van der Waals surface area contributed by atoms with Crippen molar-refractivity contribution in [2.75, 3.05) is 18.6 Å². The smallest absolute Gasteiger partial charge is 0.0149 e. The van der Waals surface area contributed by atoms with E-state index in [4.69, 9.17) is 11.6 Å². The molecule has 0 aliphatic carbocycles. The lowest BCUT2D eigenvalue weighted by Crippen LogP contribution is -2.27. The molecule has 0 aromatic heterocycles. The van der Waals surface area contributed by atoms with Crippen LogP contribution in [0, 0.1) is 0 Å². The Morgan fingerprint density at radius 3 is 2.90 bits per heavy atom. The quantitative estimate of drug-likeness (QED) is 0.694. The summed E-state index contributed by atoms with van der Waals surface area (Å²) in [5.41, 5.74) is 1.54. The van der Waals surface area contributed by atoms with Gasteiger partial charge in [0.05, 0.1) is 0 Å². The Labute approximate surface area is 72.2 Å². The molecule has 0 rings (SSSR count). The van der Waals surface area contributed by atoms with Crippen molar-refractivity contribution in [3.05, 3.63) is 11.6 Å². The van der Waals surface area contributed by atoms with Crippen molar-refractivity contribution in [1.82, 2.24) is 5.32 Å². The van der Waals surface area contributed by atoms with Crippen molar-refractivity contribution in [2.24, 2.45) is 0 Å². The maximum atomic E-state index is 5.34. The van der Waals surface area contributed by atoms with Gasteiger partial charge in [-0.2, -0.15) is 11.8 Å². The Morgan fingerprint density at radius 1 is 1.70 bits per heavy atom. The topological polar surface area (TPSA) is 12.0 Å². The summed E-state index contributed by atoms with van der Waals surface area (Å²) in [5.74, 6) is 1.15. The molecule has 1 nitrogen and oxygen atoms in total. The Morgan fingerprint density at radius 2 is 2.40 bits per heavy atom. The molecule has 3 heteroatoms. The number of hydrogen-bond donors (Lipinski definition) is 1. The molecule has 1 N–H and O–H groups in total. The summed E-state index contributed by atoms with van der Waals surface area (Å²) in [6, 6.07) is 0.572. The highest BCUT2D eigenvalue weighted by molar-refractivity contribution is 7.98. The Hall–Kier alpha value is 0.340. The standard InChI is InChI=1S/C7H14ClNS/c1-7(6-10-2)9-5-3-4-8/h3-4,7,9H,5-6H2,1-2H3/b4-3+. The average Bonchev–Trinajstić information content (AvgIpc) is 1.89. The second kappa shape index (κ2) is 7.45. The fraction of sp³-hybridized carbons (Fsp3) is 0.714. The predicted octanol–water partition coefficient (Wildman–Crippen LogP) is 2.08. The lowest BCUT2D eigenvalue weighted by molar-refractivity contribution is 0.641. The highest BCUT2D eigenvalue weighted by Gasteiger charge is 1.95. The molecule has 0 aliphatic heterocycles. The van der Waals surface area contributed by atoms with Gasteiger partial charge in [0, 0.05) is 23.9 Å². The fourth-order valence-electron chi connectivity index (χ4n) is 0.623. The van der Waals surface area contributed by atoms with Gasteiger partial charge in [0.2, 0.25) is 0 Å². The molecule has 0 bridgehead atoms. The number of rotatable bonds is 5. The van der Waals surface area contributed by atoms with Gasteiger partial charge >= 0.3 is 0 Å². The third-order valence-electron chi connectivity index (χ3n) is 1.09. The summed E-state index contributed by atoms with van der Waals surface area (Å²) in [5, 5.41) is 3.29. The highest BCUT2D eigenvalue weighted by Crippen LogP contribution is 1.95. The van der Waals surface area contributed by atoms with Crippen LogP contribution in [0.25, 0.3) is 0 Å². The van der Waals surface area contributed by atoms with Gasteiger partial charge in [0.25, 0.3) is 0 Å². The van der Waals surface area contributed by atoms with Gasteiger partial charge in [0.1, 0.15) is 0 Å². The van der Waals surface area contributed by atoms with E-state index in [1.165, 1.54) is 0 Å². The van der Waals surface area contributed by atoms with Gasteiger partial charge in [0.15, 0.2) is 0 Å². The van der Waals surface area contributed by atoms with E-state index in [1.54, 1.807) is 5.54 Å². The molecule has 1 atom stereocenters. The van der Waals surface area contributed by atoms with Crippen molar-refractivity contribution in [3.8, 4) is 0 Å². The van der Waals surface area contributed by atoms with Crippen molar-refractivity contribution in [1.29, 1.82) is 0 Å². The van der Waals surface area contributed by atoms with Crippen LogP contribution in [0.1, 0.15) is 6.92 Å². The molecule has 0 saturated carbocycles. The van der Waals surface area contributed by atoms with E-state index < -0.39 is 0 Å². The molecule has 0 fully saturated rings. The Bertz CT molecular complexity index is 95.6. The Kier molecular flexibility index (Phi) is 7.70. The van der Waals surface area contributed by atoms with Gasteiger partial charge in [-0.25, -0.2) is 0 Å².